The average molecular weight is 253 g/mol. The molecule has 1 N–H and O–H groups in total. The third kappa shape index (κ3) is 3.74. The fraction of sp³-hybridized carbons (Fsp3) is 0.917. The van der Waals surface area contributed by atoms with Gasteiger partial charge in [0.25, 0.3) is 0 Å². The van der Waals surface area contributed by atoms with Gasteiger partial charge in [0.1, 0.15) is 0 Å². The molecular weight excluding hydrogens is 230 g/mol. The fourth-order valence-electron chi connectivity index (χ4n) is 2.35. The van der Waals surface area contributed by atoms with E-state index in [-0.39, 0.29) is 6.10 Å². The average Bonchev–Trinajstić information content (AvgIpc) is 2.81. The summed E-state index contributed by atoms with van der Waals surface area (Å²) in [5, 5.41) is 15.8. The molecule has 102 valence electrons. The summed E-state index contributed by atoms with van der Waals surface area (Å²) in [6.07, 6.45) is 5.76. The lowest BCUT2D eigenvalue weighted by Crippen LogP contribution is -2.45. The Morgan fingerprint density at radius 3 is 3.00 bits per heavy atom. The van der Waals surface area contributed by atoms with Crippen LogP contribution in [0.1, 0.15) is 38.4 Å². The molecule has 1 aromatic heterocycles. The van der Waals surface area contributed by atoms with E-state index in [1.54, 1.807) is 7.05 Å². The van der Waals surface area contributed by atoms with Gasteiger partial charge in [-0.2, -0.15) is 4.80 Å². The minimum Gasteiger partial charge on any atom is -0.377 e. The molecule has 2 rings (SSSR count). The molecule has 0 spiro atoms. The molecular formula is C12H23N5O. The standard InChI is InChI=1S/C12H23N5O/c1-3-7-13-10(11-6-4-5-8-18-11)9-12-14-16-17(2)15-12/h10-11,13H,3-9H2,1-2H3. The van der Waals surface area contributed by atoms with Crippen LogP contribution >= 0.6 is 0 Å². The van der Waals surface area contributed by atoms with E-state index in [1.807, 2.05) is 0 Å². The van der Waals surface area contributed by atoms with Crippen LogP contribution in [-0.4, -0.2) is 45.5 Å². The lowest BCUT2D eigenvalue weighted by atomic mass is 9.99. The maximum Gasteiger partial charge on any atom is 0.176 e. The van der Waals surface area contributed by atoms with E-state index >= 15 is 0 Å². The van der Waals surface area contributed by atoms with E-state index in [1.165, 1.54) is 17.6 Å². The van der Waals surface area contributed by atoms with Gasteiger partial charge < -0.3 is 10.1 Å². The van der Waals surface area contributed by atoms with Crippen molar-refractivity contribution in [1.29, 1.82) is 0 Å². The van der Waals surface area contributed by atoms with Crippen LogP contribution in [0.3, 0.4) is 0 Å². The second-order valence-electron chi connectivity index (χ2n) is 4.86. The van der Waals surface area contributed by atoms with Crippen LogP contribution in [0.25, 0.3) is 0 Å². The number of nitrogens with one attached hydrogen (secondary N) is 1. The highest BCUT2D eigenvalue weighted by molar-refractivity contribution is 4.89. The van der Waals surface area contributed by atoms with Crippen LogP contribution in [0.15, 0.2) is 0 Å². The van der Waals surface area contributed by atoms with Gasteiger partial charge >= 0.3 is 0 Å². The van der Waals surface area contributed by atoms with Crippen LogP contribution in [-0.2, 0) is 18.2 Å². The molecule has 0 amide bonds. The second-order valence-corrected chi connectivity index (χ2v) is 4.86. The molecule has 2 unspecified atom stereocenters. The van der Waals surface area contributed by atoms with Gasteiger partial charge in [-0.05, 0) is 37.4 Å². The first-order chi connectivity index (χ1) is 8.79. The Balaban J connectivity index is 1.94. The lowest BCUT2D eigenvalue weighted by molar-refractivity contribution is -0.00777. The van der Waals surface area contributed by atoms with Crippen molar-refractivity contribution in [2.75, 3.05) is 13.2 Å². The number of hydrogen-bond donors (Lipinski definition) is 1. The van der Waals surface area contributed by atoms with Crippen LogP contribution in [0.4, 0.5) is 0 Å². The minimum absolute atomic E-state index is 0.286. The monoisotopic (exact) mass is 253 g/mol. The summed E-state index contributed by atoms with van der Waals surface area (Å²) in [5.74, 6) is 0.792. The van der Waals surface area contributed by atoms with Crippen molar-refractivity contribution < 1.29 is 4.74 Å². The fourth-order valence-corrected chi connectivity index (χ4v) is 2.35. The third-order valence-electron chi connectivity index (χ3n) is 3.27. The van der Waals surface area contributed by atoms with E-state index < -0.39 is 0 Å². The Morgan fingerprint density at radius 2 is 2.39 bits per heavy atom. The second kappa shape index (κ2) is 6.80. The summed E-state index contributed by atoms with van der Waals surface area (Å²) < 4.78 is 5.87. The maximum absolute atomic E-state index is 5.87. The molecule has 1 aromatic rings. The highest BCUT2D eigenvalue weighted by atomic mass is 16.5. The van der Waals surface area contributed by atoms with E-state index in [0.29, 0.717) is 6.04 Å². The van der Waals surface area contributed by atoms with Gasteiger partial charge in [-0.1, -0.05) is 6.92 Å². The van der Waals surface area contributed by atoms with Gasteiger partial charge in [0.15, 0.2) is 5.82 Å². The van der Waals surface area contributed by atoms with Gasteiger partial charge in [0.2, 0.25) is 0 Å². The lowest BCUT2D eigenvalue weighted by Gasteiger charge is -2.30. The zero-order valence-corrected chi connectivity index (χ0v) is 11.3. The predicted molar refractivity (Wildman–Crippen MR) is 68.2 cm³/mol. The highest BCUT2D eigenvalue weighted by Crippen LogP contribution is 2.17. The Hall–Kier alpha value is -1.01. The predicted octanol–water partition coefficient (Wildman–Crippen LogP) is 0.690. The van der Waals surface area contributed by atoms with Crippen LogP contribution in [0, 0.1) is 0 Å². The van der Waals surface area contributed by atoms with Crippen molar-refractivity contribution in [2.24, 2.45) is 7.05 Å². The quantitative estimate of drug-likeness (QED) is 0.808. The van der Waals surface area contributed by atoms with Gasteiger partial charge in [-0.25, -0.2) is 0 Å². The molecule has 1 aliphatic rings. The van der Waals surface area contributed by atoms with Crippen LogP contribution < -0.4 is 5.32 Å². The van der Waals surface area contributed by atoms with Crippen LogP contribution in [0.2, 0.25) is 0 Å². The molecule has 2 heterocycles. The molecule has 6 heteroatoms. The number of hydrogen-bond acceptors (Lipinski definition) is 5. The maximum atomic E-state index is 5.87. The Labute approximate surface area is 108 Å². The normalized spacial score (nSPS) is 22.0. The Bertz CT molecular complexity index is 348. The van der Waals surface area contributed by atoms with Gasteiger partial charge in [0.05, 0.1) is 13.2 Å². The Morgan fingerprint density at radius 1 is 1.50 bits per heavy atom. The van der Waals surface area contributed by atoms with E-state index in [0.717, 1.165) is 38.2 Å². The first-order valence-corrected chi connectivity index (χ1v) is 6.87. The van der Waals surface area contributed by atoms with Crippen molar-refractivity contribution >= 4 is 0 Å². The summed E-state index contributed by atoms with van der Waals surface area (Å²) in [4.78, 5) is 1.51. The smallest absolute Gasteiger partial charge is 0.176 e. The van der Waals surface area contributed by atoms with Gasteiger partial charge in [-0.3, -0.25) is 0 Å². The van der Waals surface area contributed by atoms with E-state index in [2.05, 4.69) is 27.7 Å². The number of tetrazole rings is 1. The SMILES string of the molecule is CCCNC(Cc1nnn(C)n1)C1CCCCO1. The third-order valence-corrected chi connectivity index (χ3v) is 3.27. The molecule has 1 fully saturated rings. The number of ether oxygens (including phenoxy) is 1. The van der Waals surface area contributed by atoms with Gasteiger partial charge in [-0.15, -0.1) is 10.2 Å². The topological polar surface area (TPSA) is 64.9 Å². The molecule has 2 atom stereocenters. The number of rotatable bonds is 6. The summed E-state index contributed by atoms with van der Waals surface area (Å²) in [6.45, 7) is 4.06. The molecule has 0 aromatic carbocycles. The molecule has 0 radical (unpaired) electrons. The van der Waals surface area contributed by atoms with Crippen LogP contribution in [0.5, 0.6) is 0 Å². The first kappa shape index (κ1) is 13.4. The van der Waals surface area contributed by atoms with E-state index in [4.69, 9.17) is 4.74 Å². The molecule has 1 saturated heterocycles. The van der Waals surface area contributed by atoms with E-state index in [9.17, 15) is 0 Å². The molecule has 0 aliphatic carbocycles. The highest BCUT2D eigenvalue weighted by Gasteiger charge is 2.25. The summed E-state index contributed by atoms with van der Waals surface area (Å²) in [6, 6.07) is 0.300. The molecule has 1 aliphatic heterocycles. The van der Waals surface area contributed by atoms with Crippen molar-refractivity contribution in [1.82, 2.24) is 25.5 Å². The van der Waals surface area contributed by atoms with Crippen molar-refractivity contribution in [3.8, 4) is 0 Å². The first-order valence-electron chi connectivity index (χ1n) is 6.87. The molecule has 0 saturated carbocycles. The summed E-state index contributed by atoms with van der Waals surface area (Å²) in [7, 11) is 1.79. The summed E-state index contributed by atoms with van der Waals surface area (Å²) in [5.41, 5.74) is 0. The minimum atomic E-state index is 0.286. The van der Waals surface area contributed by atoms with Crippen molar-refractivity contribution in [3.05, 3.63) is 5.82 Å². The number of aromatic nitrogens is 4. The zero-order chi connectivity index (χ0) is 12.8. The molecule has 6 nitrogen and oxygen atoms in total. The largest absolute Gasteiger partial charge is 0.377 e. The number of nitrogens with zero attached hydrogens (tertiary/aromatic N) is 4. The van der Waals surface area contributed by atoms with Crippen molar-refractivity contribution in [3.63, 3.8) is 0 Å². The Kier molecular flexibility index (Phi) is 5.07. The summed E-state index contributed by atoms with van der Waals surface area (Å²) >= 11 is 0. The number of aryl methyl sites for hydroxylation is 1. The van der Waals surface area contributed by atoms with Gasteiger partial charge in [0, 0.05) is 19.1 Å². The zero-order valence-electron chi connectivity index (χ0n) is 11.3. The molecule has 0 bridgehead atoms. The van der Waals surface area contributed by atoms with Crippen molar-refractivity contribution in [2.45, 2.75) is 51.2 Å². The molecule has 18 heavy (non-hydrogen) atoms.